The van der Waals surface area contributed by atoms with Crippen LogP contribution in [-0.4, -0.2) is 49.3 Å². The zero-order valence-corrected chi connectivity index (χ0v) is 18.4. The summed E-state index contributed by atoms with van der Waals surface area (Å²) in [6.07, 6.45) is 5.70. The molecule has 6 nitrogen and oxygen atoms in total. The van der Waals surface area contributed by atoms with Crippen LogP contribution in [0.3, 0.4) is 0 Å². The van der Waals surface area contributed by atoms with Gasteiger partial charge >= 0.3 is 0 Å². The summed E-state index contributed by atoms with van der Waals surface area (Å²) >= 11 is 0. The third kappa shape index (κ3) is 7.79. The number of carbonyl (C=O) groups excluding carboxylic acids is 1. The molecule has 3 rings (SSSR count). The van der Waals surface area contributed by atoms with Crippen molar-refractivity contribution in [2.45, 2.75) is 45.1 Å². The van der Waals surface area contributed by atoms with Gasteiger partial charge in [-0.2, -0.15) is 0 Å². The molecule has 2 aromatic rings. The number of aryl methyl sites for hydroxylation is 1. The molecule has 1 aliphatic rings. The summed E-state index contributed by atoms with van der Waals surface area (Å²) in [4.78, 5) is 14.6. The SMILES string of the molecule is COc1cc(CCC(=O)NCCCOc2cccc(CN3CCCCC3)c2)ccc1O. The second-order valence-corrected chi connectivity index (χ2v) is 8.04. The number of rotatable bonds is 11. The first-order valence-corrected chi connectivity index (χ1v) is 11.2. The lowest BCUT2D eigenvalue weighted by molar-refractivity contribution is -0.121. The van der Waals surface area contributed by atoms with E-state index in [9.17, 15) is 9.90 Å². The van der Waals surface area contributed by atoms with Crippen LogP contribution in [0.5, 0.6) is 17.2 Å². The molecule has 0 aliphatic carbocycles. The Bertz CT molecular complexity index is 834. The maximum Gasteiger partial charge on any atom is 0.220 e. The van der Waals surface area contributed by atoms with Gasteiger partial charge in [0.2, 0.25) is 5.91 Å². The van der Waals surface area contributed by atoms with E-state index in [4.69, 9.17) is 9.47 Å². The summed E-state index contributed by atoms with van der Waals surface area (Å²) in [5.74, 6) is 1.43. The second kappa shape index (κ2) is 12.2. The zero-order chi connectivity index (χ0) is 21.9. The van der Waals surface area contributed by atoms with Gasteiger partial charge in [-0.3, -0.25) is 9.69 Å². The number of piperidine rings is 1. The number of carbonyl (C=O) groups is 1. The highest BCUT2D eigenvalue weighted by molar-refractivity contribution is 5.76. The molecule has 0 bridgehead atoms. The first-order valence-electron chi connectivity index (χ1n) is 11.2. The second-order valence-electron chi connectivity index (χ2n) is 8.04. The summed E-state index contributed by atoms with van der Waals surface area (Å²) in [7, 11) is 1.51. The van der Waals surface area contributed by atoms with Crippen molar-refractivity contribution in [2.75, 3.05) is 33.4 Å². The lowest BCUT2D eigenvalue weighted by Gasteiger charge is -2.26. The molecule has 0 radical (unpaired) electrons. The highest BCUT2D eigenvalue weighted by atomic mass is 16.5. The maximum absolute atomic E-state index is 12.1. The van der Waals surface area contributed by atoms with E-state index in [1.807, 2.05) is 6.07 Å². The van der Waals surface area contributed by atoms with Crippen LogP contribution in [-0.2, 0) is 17.8 Å². The molecule has 0 atom stereocenters. The van der Waals surface area contributed by atoms with E-state index in [1.54, 1.807) is 18.2 Å². The maximum atomic E-state index is 12.1. The monoisotopic (exact) mass is 426 g/mol. The van der Waals surface area contributed by atoms with Crippen molar-refractivity contribution >= 4 is 5.91 Å². The third-order valence-corrected chi connectivity index (χ3v) is 5.55. The minimum atomic E-state index is 0.00979. The molecule has 1 fully saturated rings. The quantitative estimate of drug-likeness (QED) is 0.533. The highest BCUT2D eigenvalue weighted by Gasteiger charge is 2.11. The predicted octanol–water partition coefficient (Wildman–Crippen LogP) is 3.90. The summed E-state index contributed by atoms with van der Waals surface area (Å²) in [5, 5.41) is 12.6. The Hall–Kier alpha value is -2.73. The van der Waals surface area contributed by atoms with Gasteiger partial charge in [-0.05, 0) is 74.2 Å². The Morgan fingerprint density at radius 2 is 1.94 bits per heavy atom. The number of aromatic hydroxyl groups is 1. The van der Waals surface area contributed by atoms with Crippen molar-refractivity contribution in [1.29, 1.82) is 0 Å². The van der Waals surface area contributed by atoms with E-state index >= 15 is 0 Å². The third-order valence-electron chi connectivity index (χ3n) is 5.55. The van der Waals surface area contributed by atoms with Gasteiger partial charge < -0.3 is 19.9 Å². The molecule has 1 aliphatic heterocycles. The minimum Gasteiger partial charge on any atom is -0.504 e. The van der Waals surface area contributed by atoms with Gasteiger partial charge in [0, 0.05) is 19.5 Å². The van der Waals surface area contributed by atoms with E-state index in [0.717, 1.165) is 24.3 Å². The summed E-state index contributed by atoms with van der Waals surface area (Å²) in [5.41, 5.74) is 2.25. The largest absolute Gasteiger partial charge is 0.504 e. The van der Waals surface area contributed by atoms with Gasteiger partial charge in [0.1, 0.15) is 5.75 Å². The number of amides is 1. The number of nitrogens with zero attached hydrogens (tertiary/aromatic N) is 1. The summed E-state index contributed by atoms with van der Waals surface area (Å²) in [6, 6.07) is 13.5. The van der Waals surface area contributed by atoms with Crippen LogP contribution >= 0.6 is 0 Å². The average molecular weight is 427 g/mol. The number of phenols is 1. The molecular weight excluding hydrogens is 392 g/mol. The van der Waals surface area contributed by atoms with Crippen LogP contribution in [0.15, 0.2) is 42.5 Å². The number of hydrogen-bond donors (Lipinski definition) is 2. The van der Waals surface area contributed by atoms with Crippen molar-refractivity contribution in [3.8, 4) is 17.2 Å². The number of nitrogens with one attached hydrogen (secondary N) is 1. The Morgan fingerprint density at radius 1 is 1.10 bits per heavy atom. The van der Waals surface area contributed by atoms with Crippen LogP contribution in [0, 0.1) is 0 Å². The zero-order valence-electron chi connectivity index (χ0n) is 18.4. The van der Waals surface area contributed by atoms with Crippen molar-refractivity contribution in [1.82, 2.24) is 10.2 Å². The van der Waals surface area contributed by atoms with Crippen LogP contribution in [0.2, 0.25) is 0 Å². The van der Waals surface area contributed by atoms with Gasteiger partial charge in [-0.25, -0.2) is 0 Å². The number of benzene rings is 2. The summed E-state index contributed by atoms with van der Waals surface area (Å²) in [6.45, 7) is 4.52. The lowest BCUT2D eigenvalue weighted by atomic mass is 10.1. The van der Waals surface area contributed by atoms with E-state index in [2.05, 4.69) is 28.4 Å². The normalized spacial score (nSPS) is 14.2. The molecule has 2 N–H and O–H groups in total. The molecule has 2 aromatic carbocycles. The van der Waals surface area contributed by atoms with Crippen molar-refractivity contribution in [3.63, 3.8) is 0 Å². The molecule has 1 heterocycles. The van der Waals surface area contributed by atoms with Gasteiger partial charge in [0.25, 0.3) is 0 Å². The van der Waals surface area contributed by atoms with Gasteiger partial charge in [0.15, 0.2) is 11.5 Å². The highest BCUT2D eigenvalue weighted by Crippen LogP contribution is 2.26. The number of methoxy groups -OCH3 is 1. The number of hydrogen-bond acceptors (Lipinski definition) is 5. The molecule has 0 unspecified atom stereocenters. The van der Waals surface area contributed by atoms with Crippen LogP contribution < -0.4 is 14.8 Å². The van der Waals surface area contributed by atoms with E-state index in [-0.39, 0.29) is 11.7 Å². The van der Waals surface area contributed by atoms with E-state index in [0.29, 0.717) is 31.7 Å². The molecule has 1 saturated heterocycles. The van der Waals surface area contributed by atoms with E-state index in [1.165, 1.54) is 45.0 Å². The van der Waals surface area contributed by atoms with Crippen LogP contribution in [0.25, 0.3) is 0 Å². The molecule has 1 amide bonds. The molecule has 6 heteroatoms. The fourth-order valence-corrected chi connectivity index (χ4v) is 3.82. The topological polar surface area (TPSA) is 71.0 Å². The molecule has 31 heavy (non-hydrogen) atoms. The summed E-state index contributed by atoms with van der Waals surface area (Å²) < 4.78 is 11.0. The molecule has 0 saturated carbocycles. The van der Waals surface area contributed by atoms with Crippen molar-refractivity contribution in [3.05, 3.63) is 53.6 Å². The molecule has 0 spiro atoms. The molecule has 168 valence electrons. The molecular formula is C25H34N2O4. The van der Waals surface area contributed by atoms with Crippen molar-refractivity contribution < 1.29 is 19.4 Å². The first kappa shape index (κ1) is 22.9. The Kier molecular flexibility index (Phi) is 9.03. The lowest BCUT2D eigenvalue weighted by Crippen LogP contribution is -2.29. The number of likely N-dealkylation sites (tertiary alicyclic amines) is 1. The number of ether oxygens (including phenoxy) is 2. The smallest absolute Gasteiger partial charge is 0.220 e. The first-order chi connectivity index (χ1) is 15.1. The van der Waals surface area contributed by atoms with Crippen LogP contribution in [0.4, 0.5) is 0 Å². The van der Waals surface area contributed by atoms with Gasteiger partial charge in [-0.1, -0.05) is 24.6 Å². The van der Waals surface area contributed by atoms with Crippen molar-refractivity contribution in [2.24, 2.45) is 0 Å². The standard InChI is InChI=1S/C25H34N2O4/c1-30-24-18-20(9-11-23(24)28)10-12-25(29)26-13-6-16-31-22-8-5-7-21(17-22)19-27-14-3-2-4-15-27/h5,7-9,11,17-18,28H,2-4,6,10,12-16,19H2,1H3,(H,26,29). The number of phenolic OH excluding ortho intramolecular Hbond substituents is 1. The van der Waals surface area contributed by atoms with Gasteiger partial charge in [0.05, 0.1) is 13.7 Å². The Labute approximate surface area is 185 Å². The Morgan fingerprint density at radius 3 is 2.74 bits per heavy atom. The fraction of sp³-hybridized carbons (Fsp3) is 0.480. The Balaban J connectivity index is 1.31. The van der Waals surface area contributed by atoms with Crippen LogP contribution in [0.1, 0.15) is 43.2 Å². The average Bonchev–Trinajstić information content (AvgIpc) is 2.79. The van der Waals surface area contributed by atoms with Gasteiger partial charge in [-0.15, -0.1) is 0 Å². The molecule has 0 aromatic heterocycles. The van der Waals surface area contributed by atoms with E-state index < -0.39 is 0 Å². The predicted molar refractivity (Wildman–Crippen MR) is 122 cm³/mol. The minimum absolute atomic E-state index is 0.00979. The fourth-order valence-electron chi connectivity index (χ4n) is 3.82.